The average Bonchev–Trinajstić information content (AvgIpc) is 3.02. The second-order valence-electron chi connectivity index (χ2n) is 5.19. The first-order valence-corrected chi connectivity index (χ1v) is 7.22. The van der Waals surface area contributed by atoms with E-state index in [1.807, 2.05) is 11.3 Å². The summed E-state index contributed by atoms with van der Waals surface area (Å²) in [6.07, 6.45) is 0. The molecular formula is C14H16N2S. The molecule has 2 atom stereocenters. The lowest BCUT2D eigenvalue weighted by Crippen LogP contribution is -2.25. The fraction of sp³-hybridized carbons (Fsp3) is 0.429. The van der Waals surface area contributed by atoms with Gasteiger partial charge in [0.1, 0.15) is 0 Å². The summed E-state index contributed by atoms with van der Waals surface area (Å²) in [6, 6.07) is 8.97. The lowest BCUT2D eigenvalue weighted by atomic mass is 10.0. The minimum absolute atomic E-state index is 0.865. The molecule has 3 heterocycles. The third kappa shape index (κ3) is 1.49. The monoisotopic (exact) mass is 244 g/mol. The Morgan fingerprint density at radius 2 is 1.94 bits per heavy atom. The van der Waals surface area contributed by atoms with Gasteiger partial charge in [-0.3, -0.25) is 0 Å². The molecule has 88 valence electrons. The van der Waals surface area contributed by atoms with Crippen molar-refractivity contribution in [3.63, 3.8) is 0 Å². The van der Waals surface area contributed by atoms with Gasteiger partial charge >= 0.3 is 0 Å². The summed E-state index contributed by atoms with van der Waals surface area (Å²) in [5.41, 5.74) is 1.44. The maximum absolute atomic E-state index is 3.50. The van der Waals surface area contributed by atoms with Crippen molar-refractivity contribution in [2.45, 2.75) is 0 Å². The number of fused-ring (bicyclic) bond motifs is 2. The van der Waals surface area contributed by atoms with Gasteiger partial charge in [-0.15, -0.1) is 11.3 Å². The zero-order valence-electron chi connectivity index (χ0n) is 9.73. The minimum atomic E-state index is 0.865. The molecule has 2 aliphatic heterocycles. The van der Waals surface area contributed by atoms with Crippen molar-refractivity contribution in [1.29, 1.82) is 0 Å². The Kier molecular flexibility index (Phi) is 2.17. The molecule has 2 nitrogen and oxygen atoms in total. The van der Waals surface area contributed by atoms with E-state index in [1.54, 1.807) is 0 Å². The highest BCUT2D eigenvalue weighted by Crippen LogP contribution is 2.36. The molecule has 2 fully saturated rings. The molecule has 2 saturated heterocycles. The van der Waals surface area contributed by atoms with Gasteiger partial charge in [-0.2, -0.15) is 0 Å². The van der Waals surface area contributed by atoms with Gasteiger partial charge in [0, 0.05) is 42.0 Å². The number of nitrogens with one attached hydrogen (secondary N) is 1. The number of rotatable bonds is 1. The molecule has 0 saturated carbocycles. The van der Waals surface area contributed by atoms with Crippen molar-refractivity contribution in [2.75, 3.05) is 31.1 Å². The van der Waals surface area contributed by atoms with Crippen molar-refractivity contribution < 1.29 is 0 Å². The van der Waals surface area contributed by atoms with Crippen LogP contribution in [0.15, 0.2) is 29.6 Å². The maximum atomic E-state index is 3.50. The maximum Gasteiger partial charge on any atom is 0.0454 e. The number of thiophene rings is 1. The third-order valence-corrected chi connectivity index (χ3v) is 5.09. The van der Waals surface area contributed by atoms with E-state index in [0.29, 0.717) is 0 Å². The van der Waals surface area contributed by atoms with Gasteiger partial charge in [-0.05, 0) is 35.4 Å². The number of nitrogens with zero attached hydrogens (tertiary/aromatic N) is 1. The van der Waals surface area contributed by atoms with E-state index >= 15 is 0 Å². The number of hydrogen-bond donors (Lipinski definition) is 1. The van der Waals surface area contributed by atoms with Crippen LogP contribution >= 0.6 is 11.3 Å². The summed E-state index contributed by atoms with van der Waals surface area (Å²) in [6.45, 7) is 4.88. The number of anilines is 1. The molecule has 0 amide bonds. The molecule has 0 spiro atoms. The summed E-state index contributed by atoms with van der Waals surface area (Å²) in [7, 11) is 0. The van der Waals surface area contributed by atoms with E-state index in [1.165, 1.54) is 42.0 Å². The van der Waals surface area contributed by atoms with E-state index in [0.717, 1.165) is 11.8 Å². The fourth-order valence-electron chi connectivity index (χ4n) is 3.31. The van der Waals surface area contributed by atoms with Crippen LogP contribution in [0, 0.1) is 11.8 Å². The first-order chi connectivity index (χ1) is 8.42. The van der Waals surface area contributed by atoms with Crippen LogP contribution in [0.25, 0.3) is 10.1 Å². The lowest BCUT2D eigenvalue weighted by molar-refractivity contribution is 0.533. The Hall–Kier alpha value is -1.06. The molecule has 1 N–H and O–H groups in total. The Bertz CT molecular complexity index is 536. The zero-order chi connectivity index (χ0) is 11.2. The van der Waals surface area contributed by atoms with Crippen LogP contribution in [0.1, 0.15) is 0 Å². The number of hydrogen-bond acceptors (Lipinski definition) is 3. The predicted molar refractivity (Wildman–Crippen MR) is 73.9 cm³/mol. The predicted octanol–water partition coefficient (Wildman–Crippen LogP) is 2.56. The second-order valence-corrected chi connectivity index (χ2v) is 6.14. The normalized spacial score (nSPS) is 27.9. The van der Waals surface area contributed by atoms with Gasteiger partial charge in [-0.25, -0.2) is 0 Å². The highest BCUT2D eigenvalue weighted by atomic mass is 32.1. The summed E-state index contributed by atoms with van der Waals surface area (Å²) < 4.78 is 1.41. The Morgan fingerprint density at radius 3 is 2.76 bits per heavy atom. The van der Waals surface area contributed by atoms with Crippen molar-refractivity contribution in [3.8, 4) is 0 Å². The van der Waals surface area contributed by atoms with Crippen molar-refractivity contribution in [1.82, 2.24) is 5.32 Å². The highest BCUT2D eigenvalue weighted by Gasteiger charge is 2.36. The molecule has 2 aliphatic rings. The van der Waals surface area contributed by atoms with Crippen LogP contribution in [0.4, 0.5) is 5.69 Å². The lowest BCUT2D eigenvalue weighted by Gasteiger charge is -2.20. The van der Waals surface area contributed by atoms with Crippen LogP contribution in [0.3, 0.4) is 0 Å². The van der Waals surface area contributed by atoms with Crippen molar-refractivity contribution in [2.24, 2.45) is 11.8 Å². The topological polar surface area (TPSA) is 15.3 Å². The van der Waals surface area contributed by atoms with Crippen LogP contribution in [0.2, 0.25) is 0 Å². The summed E-state index contributed by atoms with van der Waals surface area (Å²) in [4.78, 5) is 2.59. The quantitative estimate of drug-likeness (QED) is 0.829. The molecular weight excluding hydrogens is 228 g/mol. The summed E-state index contributed by atoms with van der Waals surface area (Å²) in [5, 5.41) is 7.14. The van der Waals surface area contributed by atoms with Gasteiger partial charge in [-0.1, -0.05) is 6.07 Å². The van der Waals surface area contributed by atoms with E-state index in [2.05, 4.69) is 39.9 Å². The molecule has 1 aromatic heterocycles. The third-order valence-electron chi connectivity index (χ3n) is 4.20. The molecule has 0 bridgehead atoms. The molecule has 3 heteroatoms. The van der Waals surface area contributed by atoms with Crippen molar-refractivity contribution in [3.05, 3.63) is 29.6 Å². The van der Waals surface area contributed by atoms with E-state index < -0.39 is 0 Å². The molecule has 0 aliphatic carbocycles. The smallest absolute Gasteiger partial charge is 0.0454 e. The molecule has 0 radical (unpaired) electrons. The zero-order valence-corrected chi connectivity index (χ0v) is 10.5. The molecule has 2 aromatic rings. The Morgan fingerprint density at radius 1 is 1.12 bits per heavy atom. The van der Waals surface area contributed by atoms with Crippen LogP contribution in [0.5, 0.6) is 0 Å². The SMILES string of the molecule is c1cc(N2CC3CNCC3C2)c2ccsc2c1. The van der Waals surface area contributed by atoms with Gasteiger partial charge in [0.25, 0.3) is 0 Å². The Balaban J connectivity index is 1.73. The first-order valence-electron chi connectivity index (χ1n) is 6.34. The molecule has 4 rings (SSSR count). The molecule has 17 heavy (non-hydrogen) atoms. The van der Waals surface area contributed by atoms with E-state index in [-0.39, 0.29) is 0 Å². The average molecular weight is 244 g/mol. The first kappa shape index (κ1) is 9.92. The largest absolute Gasteiger partial charge is 0.370 e. The number of benzene rings is 1. The van der Waals surface area contributed by atoms with Crippen LogP contribution in [-0.2, 0) is 0 Å². The van der Waals surface area contributed by atoms with Gasteiger partial charge in [0.05, 0.1) is 0 Å². The highest BCUT2D eigenvalue weighted by molar-refractivity contribution is 7.17. The summed E-state index contributed by atoms with van der Waals surface area (Å²) >= 11 is 1.84. The molecule has 2 unspecified atom stereocenters. The van der Waals surface area contributed by atoms with Crippen LogP contribution < -0.4 is 10.2 Å². The van der Waals surface area contributed by atoms with Gasteiger partial charge in [0.15, 0.2) is 0 Å². The molecule has 1 aromatic carbocycles. The van der Waals surface area contributed by atoms with E-state index in [9.17, 15) is 0 Å². The van der Waals surface area contributed by atoms with Crippen LogP contribution in [-0.4, -0.2) is 26.2 Å². The Labute approximate surface area is 105 Å². The van der Waals surface area contributed by atoms with Crippen molar-refractivity contribution >= 4 is 27.1 Å². The fourth-order valence-corrected chi connectivity index (χ4v) is 4.11. The standard InChI is InChI=1S/C14H16N2S/c1-2-13(12-4-5-17-14(12)3-1)16-8-10-6-15-7-11(10)9-16/h1-5,10-11,15H,6-9H2. The van der Waals surface area contributed by atoms with Gasteiger partial charge in [0.2, 0.25) is 0 Å². The minimum Gasteiger partial charge on any atom is -0.370 e. The summed E-state index contributed by atoms with van der Waals surface area (Å²) in [5.74, 6) is 1.73. The second kappa shape index (κ2) is 3.72. The van der Waals surface area contributed by atoms with E-state index in [4.69, 9.17) is 0 Å². The van der Waals surface area contributed by atoms with Gasteiger partial charge < -0.3 is 10.2 Å².